The van der Waals surface area contributed by atoms with Crippen LogP contribution in [0.15, 0.2) is 34.8 Å². The summed E-state index contributed by atoms with van der Waals surface area (Å²) in [5.41, 5.74) is 6.76. The SMILES string of the molecule is CC(=O)Oc1cc(Br)c(N)c2c1C(=O)c1ccccc1C2=O. The lowest BCUT2D eigenvalue weighted by molar-refractivity contribution is -0.131. The van der Waals surface area contributed by atoms with E-state index in [1.165, 1.54) is 13.0 Å². The van der Waals surface area contributed by atoms with Crippen LogP contribution in [-0.2, 0) is 4.79 Å². The maximum Gasteiger partial charge on any atom is 0.308 e. The van der Waals surface area contributed by atoms with Gasteiger partial charge < -0.3 is 10.5 Å². The first-order valence-electron chi connectivity index (χ1n) is 6.40. The Bertz CT molecular complexity index is 857. The van der Waals surface area contributed by atoms with Gasteiger partial charge in [0.1, 0.15) is 5.75 Å². The van der Waals surface area contributed by atoms with Crippen molar-refractivity contribution in [2.45, 2.75) is 6.92 Å². The Morgan fingerprint density at radius 3 is 2.18 bits per heavy atom. The lowest BCUT2D eigenvalue weighted by Gasteiger charge is -2.21. The number of nitrogen functional groups attached to an aromatic ring is 1. The number of hydrogen-bond donors (Lipinski definition) is 1. The van der Waals surface area contributed by atoms with Gasteiger partial charge in [-0.15, -0.1) is 0 Å². The first kappa shape index (κ1) is 14.5. The number of ether oxygens (including phenoxy) is 1. The van der Waals surface area contributed by atoms with Crippen LogP contribution in [0.4, 0.5) is 5.69 Å². The minimum absolute atomic E-state index is 0.0245. The predicted molar refractivity (Wildman–Crippen MR) is 83.2 cm³/mol. The van der Waals surface area contributed by atoms with Crippen LogP contribution in [-0.4, -0.2) is 17.5 Å². The summed E-state index contributed by atoms with van der Waals surface area (Å²) >= 11 is 3.22. The second-order valence-electron chi connectivity index (χ2n) is 4.82. The molecule has 0 spiro atoms. The number of carbonyl (C=O) groups is 3. The Hall–Kier alpha value is -2.47. The van der Waals surface area contributed by atoms with E-state index in [1.807, 2.05) is 0 Å². The zero-order chi connectivity index (χ0) is 16.0. The highest BCUT2D eigenvalue weighted by atomic mass is 79.9. The molecule has 5 nitrogen and oxygen atoms in total. The van der Waals surface area contributed by atoms with E-state index in [0.717, 1.165) is 0 Å². The maximum absolute atomic E-state index is 12.7. The van der Waals surface area contributed by atoms with Gasteiger partial charge in [-0.2, -0.15) is 0 Å². The predicted octanol–water partition coefficient (Wildman–Crippen LogP) is 2.73. The third-order valence-electron chi connectivity index (χ3n) is 3.40. The summed E-state index contributed by atoms with van der Waals surface area (Å²) < 4.78 is 5.48. The monoisotopic (exact) mass is 359 g/mol. The molecule has 0 amide bonds. The Morgan fingerprint density at radius 1 is 1.09 bits per heavy atom. The van der Waals surface area contributed by atoms with Crippen LogP contribution in [0.2, 0.25) is 0 Å². The van der Waals surface area contributed by atoms with Crippen molar-refractivity contribution in [2.24, 2.45) is 0 Å². The number of carbonyl (C=O) groups excluding carboxylic acids is 3. The number of anilines is 1. The molecule has 0 aliphatic heterocycles. The maximum atomic E-state index is 12.7. The van der Waals surface area contributed by atoms with Gasteiger partial charge in [-0.1, -0.05) is 24.3 Å². The van der Waals surface area contributed by atoms with Crippen molar-refractivity contribution < 1.29 is 19.1 Å². The molecule has 0 heterocycles. The van der Waals surface area contributed by atoms with E-state index in [9.17, 15) is 14.4 Å². The third kappa shape index (κ3) is 2.03. The fourth-order valence-electron chi connectivity index (χ4n) is 2.49. The number of benzene rings is 2. The van der Waals surface area contributed by atoms with Gasteiger partial charge in [-0.3, -0.25) is 14.4 Å². The van der Waals surface area contributed by atoms with Gasteiger partial charge in [0.2, 0.25) is 0 Å². The lowest BCUT2D eigenvalue weighted by atomic mass is 9.83. The van der Waals surface area contributed by atoms with Crippen molar-refractivity contribution in [2.75, 3.05) is 5.73 Å². The minimum Gasteiger partial charge on any atom is -0.426 e. The molecule has 1 aliphatic carbocycles. The van der Waals surface area contributed by atoms with Crippen molar-refractivity contribution >= 4 is 39.2 Å². The third-order valence-corrected chi connectivity index (χ3v) is 4.06. The molecule has 0 radical (unpaired) electrons. The van der Waals surface area contributed by atoms with Crippen LogP contribution in [0, 0.1) is 0 Å². The molecule has 2 aromatic carbocycles. The molecule has 0 fully saturated rings. The Labute approximate surface area is 134 Å². The van der Waals surface area contributed by atoms with E-state index in [4.69, 9.17) is 10.5 Å². The number of halogens is 1. The molecule has 2 N–H and O–H groups in total. The topological polar surface area (TPSA) is 86.5 Å². The van der Waals surface area contributed by atoms with Gasteiger partial charge in [0, 0.05) is 22.5 Å². The summed E-state index contributed by atoms with van der Waals surface area (Å²) in [7, 11) is 0. The Balaban J connectivity index is 2.36. The number of esters is 1. The quantitative estimate of drug-likeness (QED) is 0.410. The van der Waals surface area contributed by atoms with Crippen LogP contribution in [0.5, 0.6) is 5.75 Å². The van der Waals surface area contributed by atoms with Crippen molar-refractivity contribution in [3.8, 4) is 5.75 Å². The Kier molecular flexibility index (Phi) is 3.33. The summed E-state index contributed by atoms with van der Waals surface area (Å²) in [4.78, 5) is 36.6. The number of fused-ring (bicyclic) bond motifs is 2. The lowest BCUT2D eigenvalue weighted by Crippen LogP contribution is -2.24. The molecule has 2 aromatic rings. The molecule has 0 atom stereocenters. The van der Waals surface area contributed by atoms with Gasteiger partial charge in [-0.05, 0) is 22.0 Å². The molecule has 6 heteroatoms. The summed E-state index contributed by atoms with van der Waals surface area (Å²) in [6, 6.07) is 7.91. The molecule has 1 aliphatic rings. The van der Waals surface area contributed by atoms with Crippen molar-refractivity contribution in [3.05, 3.63) is 57.1 Å². The van der Waals surface area contributed by atoms with E-state index >= 15 is 0 Å². The molecule has 0 unspecified atom stereocenters. The first-order chi connectivity index (χ1) is 10.4. The fraction of sp³-hybridized carbons (Fsp3) is 0.0625. The van der Waals surface area contributed by atoms with Crippen LogP contribution in [0.3, 0.4) is 0 Å². The zero-order valence-electron chi connectivity index (χ0n) is 11.5. The molecule has 22 heavy (non-hydrogen) atoms. The number of hydrogen-bond acceptors (Lipinski definition) is 5. The van der Waals surface area contributed by atoms with E-state index in [-0.39, 0.29) is 39.7 Å². The van der Waals surface area contributed by atoms with E-state index < -0.39 is 5.97 Å². The Morgan fingerprint density at radius 2 is 1.64 bits per heavy atom. The normalized spacial score (nSPS) is 12.6. The van der Waals surface area contributed by atoms with E-state index in [0.29, 0.717) is 10.0 Å². The largest absolute Gasteiger partial charge is 0.426 e. The van der Waals surface area contributed by atoms with Gasteiger partial charge in [0.25, 0.3) is 0 Å². The highest BCUT2D eigenvalue weighted by molar-refractivity contribution is 9.10. The number of rotatable bonds is 1. The second-order valence-corrected chi connectivity index (χ2v) is 5.67. The molecule has 0 saturated heterocycles. The zero-order valence-corrected chi connectivity index (χ0v) is 13.1. The smallest absolute Gasteiger partial charge is 0.308 e. The van der Waals surface area contributed by atoms with Gasteiger partial charge in [0.15, 0.2) is 11.6 Å². The van der Waals surface area contributed by atoms with Gasteiger partial charge in [0.05, 0.1) is 16.8 Å². The molecule has 110 valence electrons. The minimum atomic E-state index is -0.585. The van der Waals surface area contributed by atoms with Crippen molar-refractivity contribution in [3.63, 3.8) is 0 Å². The fourth-order valence-corrected chi connectivity index (χ4v) is 2.89. The molecule has 0 bridgehead atoms. The summed E-state index contributed by atoms with van der Waals surface area (Å²) in [5, 5.41) is 0. The van der Waals surface area contributed by atoms with Crippen LogP contribution >= 0.6 is 15.9 Å². The van der Waals surface area contributed by atoms with E-state index in [2.05, 4.69) is 15.9 Å². The number of ketones is 2. The summed E-state index contributed by atoms with van der Waals surface area (Å²) in [5.74, 6) is -1.31. The average Bonchev–Trinajstić information content (AvgIpc) is 2.47. The summed E-state index contributed by atoms with van der Waals surface area (Å²) in [6.45, 7) is 1.22. The highest BCUT2D eigenvalue weighted by Gasteiger charge is 2.35. The summed E-state index contributed by atoms with van der Waals surface area (Å²) in [6.07, 6.45) is 0. The highest BCUT2D eigenvalue weighted by Crippen LogP contribution is 2.40. The molecular weight excluding hydrogens is 350 g/mol. The number of nitrogens with two attached hydrogens (primary N) is 1. The van der Waals surface area contributed by atoms with Crippen LogP contribution < -0.4 is 10.5 Å². The van der Waals surface area contributed by atoms with Crippen LogP contribution in [0.25, 0.3) is 0 Å². The van der Waals surface area contributed by atoms with Crippen LogP contribution in [0.1, 0.15) is 38.8 Å². The molecule has 3 rings (SSSR count). The van der Waals surface area contributed by atoms with Crippen molar-refractivity contribution in [1.29, 1.82) is 0 Å². The molecule has 0 aromatic heterocycles. The first-order valence-corrected chi connectivity index (χ1v) is 7.20. The van der Waals surface area contributed by atoms with Gasteiger partial charge >= 0.3 is 5.97 Å². The van der Waals surface area contributed by atoms with E-state index in [1.54, 1.807) is 24.3 Å². The van der Waals surface area contributed by atoms with Gasteiger partial charge in [-0.25, -0.2) is 0 Å². The average molecular weight is 360 g/mol. The van der Waals surface area contributed by atoms with Crippen molar-refractivity contribution in [1.82, 2.24) is 0 Å². The standard InChI is InChI=1S/C16H10BrNO4/c1-7(19)22-11-6-10(17)14(18)13-12(11)15(20)8-4-2-3-5-9(8)16(13)21/h2-6H,18H2,1H3. The molecular formula is C16H10BrNO4. The second kappa shape index (κ2) is 5.06. The molecule has 0 saturated carbocycles.